The van der Waals surface area contributed by atoms with E-state index in [1.54, 1.807) is 0 Å². The first-order chi connectivity index (χ1) is 11.8. The molecule has 0 unspecified atom stereocenters. The van der Waals surface area contributed by atoms with E-state index in [1.165, 1.54) is 16.8 Å². The van der Waals surface area contributed by atoms with Gasteiger partial charge in [0.1, 0.15) is 12.4 Å². The van der Waals surface area contributed by atoms with Crippen molar-refractivity contribution < 1.29 is 4.74 Å². The molecule has 0 radical (unpaired) electrons. The maximum Gasteiger partial charge on any atom is 0.122 e. The second-order valence-electron chi connectivity index (χ2n) is 5.88. The molecule has 0 heterocycles. The van der Waals surface area contributed by atoms with Crippen molar-refractivity contribution in [3.05, 3.63) is 96.1 Å². The number of hydrogen-bond acceptors (Lipinski definition) is 2. The summed E-state index contributed by atoms with van der Waals surface area (Å²) in [5.41, 5.74) is 3.74. The third-order valence-electron chi connectivity index (χ3n) is 4.09. The standard InChI is InChI=1S/C22H23NO/c1-23(21-13-6-3-7-14-21)16-17-24-22-15-9-8-12-20(22)18-19-10-4-2-5-11-19/h2-15H,16-18H2,1H3. The molecule has 3 aromatic rings. The van der Waals surface area contributed by atoms with E-state index in [2.05, 4.69) is 78.7 Å². The van der Waals surface area contributed by atoms with Crippen LogP contribution in [0.25, 0.3) is 0 Å². The Morgan fingerprint density at radius 2 is 1.38 bits per heavy atom. The van der Waals surface area contributed by atoms with Gasteiger partial charge in [-0.25, -0.2) is 0 Å². The van der Waals surface area contributed by atoms with Gasteiger partial charge < -0.3 is 9.64 Å². The molecule has 0 N–H and O–H groups in total. The van der Waals surface area contributed by atoms with Gasteiger partial charge in [0.15, 0.2) is 0 Å². The molecule has 2 nitrogen and oxygen atoms in total. The number of anilines is 1. The van der Waals surface area contributed by atoms with E-state index in [0.717, 1.165) is 18.7 Å². The van der Waals surface area contributed by atoms with Crippen LogP contribution in [0.5, 0.6) is 5.75 Å². The molecule has 0 saturated heterocycles. The first-order valence-electron chi connectivity index (χ1n) is 8.34. The van der Waals surface area contributed by atoms with Crippen molar-refractivity contribution in [2.75, 3.05) is 25.1 Å². The van der Waals surface area contributed by atoms with Crippen molar-refractivity contribution >= 4 is 5.69 Å². The molecule has 0 atom stereocenters. The highest BCUT2D eigenvalue weighted by molar-refractivity contribution is 5.45. The molecule has 0 aromatic heterocycles. The third-order valence-corrected chi connectivity index (χ3v) is 4.09. The van der Waals surface area contributed by atoms with Gasteiger partial charge in [-0.05, 0) is 29.3 Å². The van der Waals surface area contributed by atoms with Gasteiger partial charge in [-0.2, -0.15) is 0 Å². The van der Waals surface area contributed by atoms with Crippen molar-refractivity contribution in [1.29, 1.82) is 0 Å². The molecular formula is C22H23NO. The number of hydrogen-bond donors (Lipinski definition) is 0. The predicted octanol–water partition coefficient (Wildman–Crippen LogP) is 4.79. The Labute approximate surface area is 144 Å². The number of para-hydroxylation sites is 2. The van der Waals surface area contributed by atoms with Gasteiger partial charge in [0.05, 0.1) is 6.54 Å². The zero-order valence-electron chi connectivity index (χ0n) is 14.1. The maximum atomic E-state index is 6.06. The molecule has 0 amide bonds. The number of benzene rings is 3. The van der Waals surface area contributed by atoms with Crippen molar-refractivity contribution in [3.63, 3.8) is 0 Å². The van der Waals surface area contributed by atoms with Crippen molar-refractivity contribution in [2.45, 2.75) is 6.42 Å². The average molecular weight is 317 g/mol. The van der Waals surface area contributed by atoms with E-state index in [9.17, 15) is 0 Å². The highest BCUT2D eigenvalue weighted by Crippen LogP contribution is 2.21. The first kappa shape index (κ1) is 16.1. The normalized spacial score (nSPS) is 10.4. The lowest BCUT2D eigenvalue weighted by Gasteiger charge is -2.20. The number of likely N-dealkylation sites (N-methyl/N-ethyl adjacent to an activating group) is 1. The third kappa shape index (κ3) is 4.39. The molecule has 0 saturated carbocycles. The number of ether oxygens (including phenoxy) is 1. The minimum Gasteiger partial charge on any atom is -0.491 e. The second kappa shape index (κ2) is 8.21. The summed E-state index contributed by atoms with van der Waals surface area (Å²) in [6, 6.07) is 29.2. The van der Waals surface area contributed by atoms with Crippen molar-refractivity contribution in [2.24, 2.45) is 0 Å². The minimum absolute atomic E-state index is 0.664. The lowest BCUT2D eigenvalue weighted by Crippen LogP contribution is -2.23. The van der Waals surface area contributed by atoms with Crippen LogP contribution < -0.4 is 9.64 Å². The first-order valence-corrected chi connectivity index (χ1v) is 8.34. The molecule has 0 fully saturated rings. The predicted molar refractivity (Wildman–Crippen MR) is 101 cm³/mol. The molecule has 24 heavy (non-hydrogen) atoms. The molecule has 3 rings (SSSR count). The van der Waals surface area contributed by atoms with Crippen LogP contribution in [0.3, 0.4) is 0 Å². The molecule has 0 aliphatic rings. The van der Waals surface area contributed by atoms with Crippen LogP contribution in [-0.2, 0) is 6.42 Å². The smallest absolute Gasteiger partial charge is 0.122 e. The summed E-state index contributed by atoms with van der Waals surface area (Å²) in [6.45, 7) is 1.51. The van der Waals surface area contributed by atoms with Crippen LogP contribution >= 0.6 is 0 Å². The Balaban J connectivity index is 1.59. The van der Waals surface area contributed by atoms with E-state index >= 15 is 0 Å². The number of rotatable bonds is 7. The SMILES string of the molecule is CN(CCOc1ccccc1Cc1ccccc1)c1ccccc1. The van der Waals surface area contributed by atoms with Crippen LogP contribution in [0.1, 0.15) is 11.1 Å². The summed E-state index contributed by atoms with van der Waals surface area (Å²) in [5.74, 6) is 0.975. The fourth-order valence-corrected chi connectivity index (χ4v) is 2.71. The van der Waals surface area contributed by atoms with Crippen LogP contribution in [0, 0.1) is 0 Å². The molecule has 2 heteroatoms. The monoisotopic (exact) mass is 317 g/mol. The fourth-order valence-electron chi connectivity index (χ4n) is 2.71. The van der Waals surface area contributed by atoms with E-state index < -0.39 is 0 Å². The quantitative estimate of drug-likeness (QED) is 0.621. The lowest BCUT2D eigenvalue weighted by atomic mass is 10.0. The Kier molecular flexibility index (Phi) is 5.52. The molecule has 0 bridgehead atoms. The summed E-state index contributed by atoms with van der Waals surface area (Å²) in [5, 5.41) is 0. The highest BCUT2D eigenvalue weighted by Gasteiger charge is 2.05. The molecule has 0 aliphatic heterocycles. The topological polar surface area (TPSA) is 12.5 Å². The van der Waals surface area contributed by atoms with Crippen molar-refractivity contribution in [1.82, 2.24) is 0 Å². The zero-order chi connectivity index (χ0) is 16.6. The van der Waals surface area contributed by atoms with Gasteiger partial charge >= 0.3 is 0 Å². The summed E-state index contributed by atoms with van der Waals surface area (Å²) < 4.78 is 6.06. The van der Waals surface area contributed by atoms with E-state index in [4.69, 9.17) is 4.74 Å². The summed E-state index contributed by atoms with van der Waals surface area (Å²) in [4.78, 5) is 2.21. The summed E-state index contributed by atoms with van der Waals surface area (Å²) >= 11 is 0. The Morgan fingerprint density at radius 1 is 0.750 bits per heavy atom. The highest BCUT2D eigenvalue weighted by atomic mass is 16.5. The van der Waals surface area contributed by atoms with Gasteiger partial charge in [0, 0.05) is 19.2 Å². The van der Waals surface area contributed by atoms with Crippen LogP contribution in [0.15, 0.2) is 84.9 Å². The van der Waals surface area contributed by atoms with E-state index in [1.807, 2.05) is 18.2 Å². The van der Waals surface area contributed by atoms with Crippen LogP contribution in [-0.4, -0.2) is 20.2 Å². The van der Waals surface area contributed by atoms with Gasteiger partial charge in [-0.15, -0.1) is 0 Å². The second-order valence-corrected chi connectivity index (χ2v) is 5.88. The van der Waals surface area contributed by atoms with Gasteiger partial charge in [0.25, 0.3) is 0 Å². The minimum atomic E-state index is 0.664. The van der Waals surface area contributed by atoms with E-state index in [-0.39, 0.29) is 0 Å². The molecule has 0 spiro atoms. The number of nitrogens with zero attached hydrogens (tertiary/aromatic N) is 1. The van der Waals surface area contributed by atoms with Gasteiger partial charge in [-0.1, -0.05) is 66.7 Å². The lowest BCUT2D eigenvalue weighted by molar-refractivity contribution is 0.323. The maximum absolute atomic E-state index is 6.06. The average Bonchev–Trinajstić information content (AvgIpc) is 2.64. The Morgan fingerprint density at radius 3 is 2.12 bits per heavy atom. The van der Waals surface area contributed by atoms with Gasteiger partial charge in [-0.3, -0.25) is 0 Å². The largest absolute Gasteiger partial charge is 0.491 e. The summed E-state index contributed by atoms with van der Waals surface area (Å²) in [7, 11) is 2.09. The molecule has 0 aliphatic carbocycles. The Hall–Kier alpha value is -2.74. The fraction of sp³-hybridized carbons (Fsp3) is 0.182. The molecule has 3 aromatic carbocycles. The molecule has 122 valence electrons. The zero-order valence-corrected chi connectivity index (χ0v) is 14.1. The van der Waals surface area contributed by atoms with Crippen LogP contribution in [0.4, 0.5) is 5.69 Å². The van der Waals surface area contributed by atoms with Gasteiger partial charge in [0.2, 0.25) is 0 Å². The van der Waals surface area contributed by atoms with E-state index in [0.29, 0.717) is 6.61 Å². The summed E-state index contributed by atoms with van der Waals surface area (Å²) in [6.07, 6.45) is 0.894. The van der Waals surface area contributed by atoms with Crippen LogP contribution in [0.2, 0.25) is 0 Å². The Bertz CT molecular complexity index is 740. The van der Waals surface area contributed by atoms with Crippen molar-refractivity contribution in [3.8, 4) is 5.75 Å². The molecular weight excluding hydrogens is 294 g/mol.